The molecule has 2 aromatic carbocycles. The fraction of sp³-hybridized carbons (Fsp3) is 0.292. The lowest BCUT2D eigenvalue weighted by Gasteiger charge is -2.15. The lowest BCUT2D eigenvalue weighted by atomic mass is 10.1. The van der Waals surface area contributed by atoms with E-state index in [-0.39, 0.29) is 25.4 Å². The Morgan fingerprint density at radius 1 is 1.19 bits per heavy atom. The average Bonchev–Trinajstić information content (AvgIpc) is 3.23. The van der Waals surface area contributed by atoms with Crippen molar-refractivity contribution in [1.82, 2.24) is 20.3 Å². The molecule has 0 radical (unpaired) electrons. The van der Waals surface area contributed by atoms with Gasteiger partial charge >= 0.3 is 6.09 Å². The van der Waals surface area contributed by atoms with Crippen molar-refractivity contribution in [2.75, 3.05) is 20.3 Å². The maximum Gasteiger partial charge on any atom is 0.407 e. The van der Waals surface area contributed by atoms with Crippen LogP contribution in [-0.4, -0.2) is 53.3 Å². The van der Waals surface area contributed by atoms with Crippen LogP contribution in [0.5, 0.6) is 11.6 Å². The third-order valence-corrected chi connectivity index (χ3v) is 6.14. The molecule has 2 amide bonds. The first kappa shape index (κ1) is 25.0. The van der Waals surface area contributed by atoms with Gasteiger partial charge in [0.05, 0.1) is 47.0 Å². The normalized spacial score (nSPS) is 11.9. The Bertz CT molecular complexity index is 1440. The number of nitrogens with one attached hydrogen (secondary N) is 1. The number of hydrogen-bond acceptors (Lipinski definition) is 9. The van der Waals surface area contributed by atoms with E-state index in [1.54, 1.807) is 19.2 Å². The molecule has 4 aromatic rings. The highest BCUT2D eigenvalue weighted by Gasteiger charge is 2.17. The number of carbonyl (C=O) groups excluding carboxylic acids is 2. The molecule has 0 bridgehead atoms. The number of methoxy groups -OCH3 is 1. The molecule has 0 saturated carbocycles. The predicted octanol–water partition coefficient (Wildman–Crippen LogP) is 3.73. The molecule has 0 unspecified atom stereocenters. The van der Waals surface area contributed by atoms with Gasteiger partial charge in [0, 0.05) is 17.7 Å². The predicted molar refractivity (Wildman–Crippen MR) is 133 cm³/mol. The van der Waals surface area contributed by atoms with Crippen LogP contribution in [0.2, 0.25) is 0 Å². The number of aryl methyl sites for hydroxylation is 1. The summed E-state index contributed by atoms with van der Waals surface area (Å²) in [5.41, 5.74) is 8.59. The Balaban J connectivity index is 1.51. The minimum Gasteiger partial charge on any atom is -0.488 e. The Kier molecular flexibility index (Phi) is 7.44. The molecule has 0 saturated heterocycles. The molecule has 188 valence electrons. The minimum absolute atomic E-state index is 0.00104. The zero-order valence-corrected chi connectivity index (χ0v) is 20.6. The van der Waals surface area contributed by atoms with E-state index in [2.05, 4.69) is 20.3 Å². The quantitative estimate of drug-likeness (QED) is 0.345. The molecule has 1 atom stereocenters. The molecular weight excluding hydrogens is 489 g/mol. The van der Waals surface area contributed by atoms with Gasteiger partial charge in [0.2, 0.25) is 11.8 Å². The van der Waals surface area contributed by atoms with Crippen molar-refractivity contribution in [3.8, 4) is 22.2 Å². The lowest BCUT2D eigenvalue weighted by Crippen LogP contribution is -2.37. The summed E-state index contributed by atoms with van der Waals surface area (Å²) in [7, 11) is 1.53. The van der Waals surface area contributed by atoms with E-state index < -0.39 is 23.9 Å². The Morgan fingerprint density at radius 3 is 2.75 bits per heavy atom. The first-order chi connectivity index (χ1) is 17.2. The lowest BCUT2D eigenvalue weighted by molar-refractivity contribution is -0.118. The molecular formula is C24H24FN5O5S. The van der Waals surface area contributed by atoms with Crippen molar-refractivity contribution in [3.63, 3.8) is 0 Å². The average molecular weight is 514 g/mol. The smallest absolute Gasteiger partial charge is 0.407 e. The Hall–Kier alpha value is -4.06. The molecule has 0 aliphatic carbocycles. The van der Waals surface area contributed by atoms with E-state index in [0.29, 0.717) is 27.4 Å². The highest BCUT2D eigenvalue weighted by molar-refractivity contribution is 7.21. The van der Waals surface area contributed by atoms with Gasteiger partial charge in [0.15, 0.2) is 11.6 Å². The number of aromatic nitrogens is 3. The van der Waals surface area contributed by atoms with E-state index in [9.17, 15) is 14.0 Å². The summed E-state index contributed by atoms with van der Waals surface area (Å²) in [4.78, 5) is 36.0. The molecule has 4 rings (SSSR count). The molecule has 10 nitrogen and oxygen atoms in total. The number of alkyl carbamates (subject to hydrolysis) is 1. The van der Waals surface area contributed by atoms with E-state index >= 15 is 0 Å². The summed E-state index contributed by atoms with van der Waals surface area (Å²) in [6.07, 6.45) is 0.754. The summed E-state index contributed by atoms with van der Waals surface area (Å²) in [6.45, 7) is 3.50. The van der Waals surface area contributed by atoms with Gasteiger partial charge in [0.1, 0.15) is 18.2 Å². The number of halogens is 1. The van der Waals surface area contributed by atoms with Gasteiger partial charge in [-0.15, -0.1) is 11.3 Å². The maximum atomic E-state index is 14.7. The highest BCUT2D eigenvalue weighted by atomic mass is 32.1. The van der Waals surface area contributed by atoms with Gasteiger partial charge in [-0.25, -0.2) is 24.1 Å². The molecule has 0 aliphatic heterocycles. The van der Waals surface area contributed by atoms with Crippen LogP contribution in [0.1, 0.15) is 18.9 Å². The molecule has 2 heterocycles. The molecule has 36 heavy (non-hydrogen) atoms. The van der Waals surface area contributed by atoms with Crippen LogP contribution in [0.3, 0.4) is 0 Å². The van der Waals surface area contributed by atoms with E-state index in [0.717, 1.165) is 15.8 Å². The van der Waals surface area contributed by atoms with Crippen LogP contribution in [0.15, 0.2) is 30.5 Å². The van der Waals surface area contributed by atoms with Gasteiger partial charge in [0.25, 0.3) is 0 Å². The number of ether oxygens (including phenoxy) is 3. The van der Waals surface area contributed by atoms with Crippen molar-refractivity contribution in [1.29, 1.82) is 0 Å². The van der Waals surface area contributed by atoms with Crippen LogP contribution in [0.4, 0.5) is 9.18 Å². The van der Waals surface area contributed by atoms with Crippen LogP contribution in [0.25, 0.3) is 31.8 Å². The molecule has 0 aliphatic rings. The zero-order chi connectivity index (χ0) is 25.8. The number of hydrogen-bond donors (Lipinski definition) is 2. The van der Waals surface area contributed by atoms with Crippen LogP contribution in [-0.2, 0) is 9.53 Å². The maximum absolute atomic E-state index is 14.7. The fourth-order valence-electron chi connectivity index (χ4n) is 3.41. The molecule has 12 heteroatoms. The third-order valence-electron chi connectivity index (χ3n) is 5.09. The number of fused-ring (bicyclic) bond motifs is 2. The van der Waals surface area contributed by atoms with Gasteiger partial charge in [-0.3, -0.25) is 4.79 Å². The van der Waals surface area contributed by atoms with Gasteiger partial charge in [-0.1, -0.05) is 0 Å². The van der Waals surface area contributed by atoms with Crippen molar-refractivity contribution in [2.45, 2.75) is 26.3 Å². The van der Waals surface area contributed by atoms with Gasteiger partial charge in [-0.05, 0) is 31.5 Å². The summed E-state index contributed by atoms with van der Waals surface area (Å²) in [5.74, 6) is -0.698. The van der Waals surface area contributed by atoms with Crippen LogP contribution >= 0.6 is 11.3 Å². The largest absolute Gasteiger partial charge is 0.488 e. The van der Waals surface area contributed by atoms with Crippen molar-refractivity contribution < 1.29 is 28.2 Å². The summed E-state index contributed by atoms with van der Waals surface area (Å²) in [5, 5.41) is 3.21. The zero-order valence-electron chi connectivity index (χ0n) is 19.8. The number of benzene rings is 2. The Morgan fingerprint density at radius 2 is 2.00 bits per heavy atom. The van der Waals surface area contributed by atoms with Gasteiger partial charge < -0.3 is 25.3 Å². The second kappa shape index (κ2) is 10.7. The summed E-state index contributed by atoms with van der Waals surface area (Å²) >= 11 is 1.38. The van der Waals surface area contributed by atoms with E-state index in [1.165, 1.54) is 24.5 Å². The van der Waals surface area contributed by atoms with Gasteiger partial charge in [-0.2, -0.15) is 0 Å². The molecule has 0 fully saturated rings. The second-order valence-electron chi connectivity index (χ2n) is 8.07. The third kappa shape index (κ3) is 5.77. The van der Waals surface area contributed by atoms with Crippen molar-refractivity contribution in [2.24, 2.45) is 5.73 Å². The molecule has 0 spiro atoms. The first-order valence-electron chi connectivity index (χ1n) is 11.0. The number of amides is 2. The minimum atomic E-state index is -0.721. The standard InChI is InChI=1S/C24H24FN5O5S/c1-12-6-14(22-17(7-12)29-21(33-3)10-27-22)23-30-16-8-15(25)18(9-19(16)36-23)35-11-13(2)28-24(32)34-5-4-20(26)31/h6-10,13H,4-5,11H2,1-3H3,(H2,26,31)(H,28,32)/t13-/m1/s1. The number of primary amides is 1. The number of nitrogens with zero attached hydrogens (tertiary/aromatic N) is 3. The number of carbonyl (C=O) groups is 2. The number of rotatable bonds is 9. The number of thiazole rings is 1. The molecule has 3 N–H and O–H groups in total. The van der Waals surface area contributed by atoms with E-state index in [4.69, 9.17) is 19.9 Å². The summed E-state index contributed by atoms with van der Waals surface area (Å²) < 4.78 is 31.1. The van der Waals surface area contributed by atoms with Crippen LogP contribution in [0, 0.1) is 12.7 Å². The fourth-order valence-corrected chi connectivity index (χ4v) is 4.40. The van der Waals surface area contributed by atoms with Crippen molar-refractivity contribution >= 4 is 44.6 Å². The van der Waals surface area contributed by atoms with Crippen LogP contribution < -0.4 is 20.5 Å². The monoisotopic (exact) mass is 513 g/mol. The van der Waals surface area contributed by atoms with E-state index in [1.807, 2.05) is 19.1 Å². The Labute approximate surface area is 209 Å². The SMILES string of the molecule is COc1cnc2c(-c3nc4cc(F)c(OC[C@@H](C)NC(=O)OCCC(N)=O)cc4s3)cc(C)cc2n1. The second-order valence-corrected chi connectivity index (χ2v) is 9.10. The highest BCUT2D eigenvalue weighted by Crippen LogP contribution is 2.37. The topological polar surface area (TPSA) is 139 Å². The summed E-state index contributed by atoms with van der Waals surface area (Å²) in [6, 6.07) is 6.29. The van der Waals surface area contributed by atoms with Crippen molar-refractivity contribution in [3.05, 3.63) is 41.8 Å². The molecule has 2 aromatic heterocycles. The number of nitrogens with two attached hydrogens (primary N) is 1. The first-order valence-corrected chi connectivity index (χ1v) is 11.8.